The zero-order valence-electron chi connectivity index (χ0n) is 16.9. The Morgan fingerprint density at radius 3 is 2.66 bits per heavy atom. The molecule has 1 saturated carbocycles. The molecule has 2 heterocycles. The lowest BCUT2D eigenvalue weighted by atomic mass is 9.56. The molecule has 2 N–H and O–H groups in total. The molecule has 1 saturated heterocycles. The highest BCUT2D eigenvalue weighted by atomic mass is 16.5. The number of benzene rings is 2. The highest BCUT2D eigenvalue weighted by molar-refractivity contribution is 5.88. The summed E-state index contributed by atoms with van der Waals surface area (Å²) in [6, 6.07) is 12.0. The van der Waals surface area contributed by atoms with Crippen molar-refractivity contribution in [2.75, 3.05) is 13.7 Å². The number of rotatable bonds is 5. The molecule has 1 unspecified atom stereocenters. The van der Waals surface area contributed by atoms with Crippen LogP contribution in [0.5, 0.6) is 5.75 Å². The highest BCUT2D eigenvalue weighted by Gasteiger charge is 2.56. The van der Waals surface area contributed by atoms with Gasteiger partial charge in [-0.2, -0.15) is 0 Å². The third kappa shape index (κ3) is 2.76. The predicted molar refractivity (Wildman–Crippen MR) is 112 cm³/mol. The lowest BCUT2D eigenvalue weighted by Crippen LogP contribution is -2.61. The van der Waals surface area contributed by atoms with Crippen molar-refractivity contribution in [3.63, 3.8) is 0 Å². The van der Waals surface area contributed by atoms with E-state index in [1.165, 1.54) is 46.9 Å². The number of nitrogens with zero attached hydrogens (tertiary/aromatic N) is 1. The van der Waals surface area contributed by atoms with E-state index in [1.54, 1.807) is 19.2 Å². The number of methoxy groups -OCH3 is 1. The molecule has 5 heteroatoms. The first-order valence-electron chi connectivity index (χ1n) is 10.2. The third-order valence-electron chi connectivity index (χ3n) is 6.98. The smallest absolute Gasteiger partial charge is 0.335 e. The number of nitrogens with one attached hydrogen (secondary N) is 1. The maximum Gasteiger partial charge on any atom is 0.335 e. The molecule has 5 rings (SSSR count). The lowest BCUT2D eigenvalue weighted by molar-refractivity contribution is -0.134. The van der Waals surface area contributed by atoms with E-state index in [-0.39, 0.29) is 0 Å². The van der Waals surface area contributed by atoms with Crippen molar-refractivity contribution in [1.29, 1.82) is 0 Å². The fourth-order valence-electron chi connectivity index (χ4n) is 5.42. The van der Waals surface area contributed by atoms with Gasteiger partial charge < -0.3 is 14.8 Å². The Hall–Kier alpha value is -2.79. The zero-order chi connectivity index (χ0) is 20.2. The summed E-state index contributed by atoms with van der Waals surface area (Å²) < 4.78 is 5.74. The maximum absolute atomic E-state index is 11.2. The number of aryl methyl sites for hydroxylation is 1. The van der Waals surface area contributed by atoms with Crippen LogP contribution in [0.2, 0.25) is 0 Å². The van der Waals surface area contributed by atoms with E-state index < -0.39 is 5.97 Å². The number of aromatic nitrogens is 1. The minimum absolute atomic E-state index is 0.332. The topological polar surface area (TPSA) is 65.6 Å². The summed E-state index contributed by atoms with van der Waals surface area (Å²) in [4.78, 5) is 17.1. The van der Waals surface area contributed by atoms with Crippen LogP contribution >= 0.6 is 0 Å². The van der Waals surface area contributed by atoms with Crippen LogP contribution < -0.4 is 4.74 Å². The van der Waals surface area contributed by atoms with Crippen molar-refractivity contribution in [3.05, 3.63) is 64.8 Å². The van der Waals surface area contributed by atoms with Gasteiger partial charge in [0, 0.05) is 47.2 Å². The fourth-order valence-corrected chi connectivity index (χ4v) is 5.42. The molecular formula is C24H26N2O3. The van der Waals surface area contributed by atoms with Crippen LogP contribution in [0.3, 0.4) is 0 Å². The number of carbonyl (C=O) groups is 1. The van der Waals surface area contributed by atoms with E-state index >= 15 is 0 Å². The van der Waals surface area contributed by atoms with Crippen LogP contribution in [0.4, 0.5) is 0 Å². The van der Waals surface area contributed by atoms with Crippen molar-refractivity contribution < 1.29 is 14.6 Å². The first kappa shape index (κ1) is 18.3. The van der Waals surface area contributed by atoms with Crippen molar-refractivity contribution >= 4 is 16.9 Å². The minimum Gasteiger partial charge on any atom is -0.496 e. The van der Waals surface area contributed by atoms with Gasteiger partial charge >= 0.3 is 5.97 Å². The quantitative estimate of drug-likeness (QED) is 0.650. The highest BCUT2D eigenvalue weighted by Crippen LogP contribution is 2.61. The number of ether oxygens (including phenoxy) is 1. The molecule has 3 aromatic rings. The molecule has 29 heavy (non-hydrogen) atoms. The zero-order valence-corrected chi connectivity index (χ0v) is 16.9. The Labute approximate surface area is 170 Å². The second-order valence-corrected chi connectivity index (χ2v) is 8.59. The van der Waals surface area contributed by atoms with Crippen LogP contribution in [0.15, 0.2) is 42.6 Å². The molecule has 1 aliphatic heterocycles. The monoisotopic (exact) mass is 390 g/mol. The number of likely N-dealkylation sites (tertiary alicyclic amines) is 1. The van der Waals surface area contributed by atoms with Gasteiger partial charge in [0.25, 0.3) is 0 Å². The summed E-state index contributed by atoms with van der Waals surface area (Å²) in [5.74, 6) is 0.0590. The first-order valence-corrected chi connectivity index (χ1v) is 10.2. The van der Waals surface area contributed by atoms with Crippen LogP contribution in [0, 0.1) is 12.3 Å². The molecule has 0 bridgehead atoms. The number of hydrogen-bond acceptors (Lipinski definition) is 3. The molecule has 1 atom stereocenters. The van der Waals surface area contributed by atoms with Crippen LogP contribution in [0.1, 0.15) is 52.4 Å². The molecule has 0 radical (unpaired) electrons. The minimum atomic E-state index is -0.875. The van der Waals surface area contributed by atoms with Gasteiger partial charge in [-0.25, -0.2) is 4.79 Å². The SMILES string of the molecule is COc1cc(C)c2[nH]ccc2c1CN1CC2(CCC2)C1c1ccc(C(=O)O)cc1. The fraction of sp³-hybridized carbons (Fsp3) is 0.375. The van der Waals surface area contributed by atoms with Gasteiger partial charge in [-0.15, -0.1) is 0 Å². The Bertz CT molecular complexity index is 1080. The van der Waals surface area contributed by atoms with Gasteiger partial charge in [-0.3, -0.25) is 4.90 Å². The number of aromatic amines is 1. The van der Waals surface area contributed by atoms with E-state index in [9.17, 15) is 9.90 Å². The molecule has 5 nitrogen and oxygen atoms in total. The van der Waals surface area contributed by atoms with Crippen molar-refractivity contribution in [3.8, 4) is 5.75 Å². The third-order valence-corrected chi connectivity index (χ3v) is 6.98. The average Bonchev–Trinajstić information content (AvgIpc) is 3.15. The van der Waals surface area contributed by atoms with E-state index in [4.69, 9.17) is 4.74 Å². The summed E-state index contributed by atoms with van der Waals surface area (Å²) in [6.07, 6.45) is 5.78. The number of carboxylic acid groups (broad SMARTS) is 1. The summed E-state index contributed by atoms with van der Waals surface area (Å²) >= 11 is 0. The second-order valence-electron chi connectivity index (χ2n) is 8.59. The number of hydrogen-bond donors (Lipinski definition) is 2. The predicted octanol–water partition coefficient (Wildman–Crippen LogP) is 4.91. The molecule has 2 fully saturated rings. The Kier molecular flexibility index (Phi) is 4.17. The van der Waals surface area contributed by atoms with Crippen LogP contribution in [-0.2, 0) is 6.54 Å². The molecule has 1 aliphatic carbocycles. The summed E-state index contributed by atoms with van der Waals surface area (Å²) in [6.45, 7) is 4.01. The Balaban J connectivity index is 1.50. The van der Waals surface area contributed by atoms with Crippen molar-refractivity contribution in [2.45, 2.75) is 38.8 Å². The van der Waals surface area contributed by atoms with Crippen molar-refractivity contribution in [2.24, 2.45) is 5.41 Å². The van der Waals surface area contributed by atoms with Gasteiger partial charge in [-0.1, -0.05) is 18.6 Å². The maximum atomic E-state index is 11.2. The molecular weight excluding hydrogens is 364 g/mol. The van der Waals surface area contributed by atoms with Gasteiger partial charge in [0.05, 0.1) is 12.7 Å². The average molecular weight is 390 g/mol. The normalized spacial score (nSPS) is 20.4. The summed E-state index contributed by atoms with van der Waals surface area (Å²) in [7, 11) is 1.74. The van der Waals surface area contributed by atoms with Gasteiger partial charge in [0.1, 0.15) is 5.75 Å². The Morgan fingerprint density at radius 2 is 2.03 bits per heavy atom. The van der Waals surface area contributed by atoms with Gasteiger partial charge in [-0.05, 0) is 55.2 Å². The molecule has 150 valence electrons. The first-order chi connectivity index (χ1) is 14.0. The van der Waals surface area contributed by atoms with E-state index in [2.05, 4.69) is 28.9 Å². The number of H-pyrrole nitrogens is 1. The van der Waals surface area contributed by atoms with Gasteiger partial charge in [0.15, 0.2) is 0 Å². The largest absolute Gasteiger partial charge is 0.496 e. The molecule has 1 aromatic heterocycles. The number of aromatic carboxylic acids is 1. The van der Waals surface area contributed by atoms with E-state index in [1.807, 2.05) is 18.3 Å². The second kappa shape index (κ2) is 6.63. The molecule has 2 aromatic carbocycles. The van der Waals surface area contributed by atoms with Crippen molar-refractivity contribution in [1.82, 2.24) is 9.88 Å². The van der Waals surface area contributed by atoms with Gasteiger partial charge in [0.2, 0.25) is 0 Å². The molecule has 0 amide bonds. The van der Waals surface area contributed by atoms with E-state index in [0.717, 1.165) is 18.8 Å². The van der Waals surface area contributed by atoms with E-state index in [0.29, 0.717) is 17.0 Å². The summed E-state index contributed by atoms with van der Waals surface area (Å²) in [5.41, 5.74) is 5.48. The Morgan fingerprint density at radius 1 is 1.28 bits per heavy atom. The standard InChI is InChI=1S/C24H26N2O3/c1-15-12-20(29-2)19(18-8-11-25-21(15)18)13-26-14-24(9-3-10-24)22(26)16-4-6-17(7-5-16)23(27)28/h4-8,11-12,22,25H,3,9-10,13-14H2,1-2H3,(H,27,28). The lowest BCUT2D eigenvalue weighted by Gasteiger charge is -2.63. The molecule has 1 spiro atoms. The number of carboxylic acids is 1. The van der Waals surface area contributed by atoms with Crippen LogP contribution in [-0.4, -0.2) is 34.6 Å². The number of fused-ring (bicyclic) bond motifs is 1. The van der Waals surface area contributed by atoms with Crippen LogP contribution in [0.25, 0.3) is 10.9 Å². The molecule has 2 aliphatic rings. The summed E-state index contributed by atoms with van der Waals surface area (Å²) in [5, 5.41) is 10.4.